The van der Waals surface area contributed by atoms with Crippen LogP contribution in [-0.4, -0.2) is 104 Å². The largest absolute Gasteiger partial charge is 0.458 e. The van der Waals surface area contributed by atoms with E-state index in [4.69, 9.17) is 14.2 Å². The van der Waals surface area contributed by atoms with Crippen molar-refractivity contribution in [1.82, 2.24) is 0 Å². The Morgan fingerprint density at radius 2 is 1.75 bits per heavy atom. The topological polar surface area (TPSA) is 183 Å². The molecular weight excluding hydrogens is 524 g/mol. The number of fused-ring (bicyclic) bond motifs is 5. The Labute approximate surface area is 233 Å². The Kier molecular flexibility index (Phi) is 6.83. The molecule has 14 atom stereocenters. The number of ether oxygens (including phenoxy) is 3. The van der Waals surface area contributed by atoms with Crippen LogP contribution in [0, 0.1) is 28.6 Å². The summed E-state index contributed by atoms with van der Waals surface area (Å²) in [7, 11) is 0. The van der Waals surface area contributed by atoms with Crippen LogP contribution in [0.1, 0.15) is 65.2 Å². The summed E-state index contributed by atoms with van der Waals surface area (Å²) in [4.78, 5) is 24.8. The molecule has 40 heavy (non-hydrogen) atoms. The van der Waals surface area contributed by atoms with Crippen LogP contribution < -0.4 is 0 Å². The summed E-state index contributed by atoms with van der Waals surface area (Å²) >= 11 is 0. The van der Waals surface area contributed by atoms with E-state index >= 15 is 0 Å². The third-order valence-corrected chi connectivity index (χ3v) is 12.1. The first kappa shape index (κ1) is 28.7. The molecule has 0 unspecified atom stereocenters. The molecule has 2 heterocycles. The molecule has 224 valence electrons. The number of aldehydes is 1. The van der Waals surface area contributed by atoms with Gasteiger partial charge >= 0.3 is 5.97 Å². The van der Waals surface area contributed by atoms with E-state index in [2.05, 4.69) is 0 Å². The second kappa shape index (κ2) is 9.54. The smallest absolute Gasteiger partial charge is 0.331 e. The summed E-state index contributed by atoms with van der Waals surface area (Å²) < 4.78 is 16.8. The highest BCUT2D eigenvalue weighted by atomic mass is 16.7. The maximum atomic E-state index is 13.0. The van der Waals surface area contributed by atoms with Gasteiger partial charge in [0.2, 0.25) is 0 Å². The molecule has 6 N–H and O–H groups in total. The van der Waals surface area contributed by atoms with E-state index < -0.39 is 76.8 Å². The first-order valence-electron chi connectivity index (χ1n) is 14.6. The van der Waals surface area contributed by atoms with Gasteiger partial charge in [-0.3, -0.25) is 0 Å². The van der Waals surface area contributed by atoms with Crippen molar-refractivity contribution in [3.8, 4) is 0 Å². The summed E-state index contributed by atoms with van der Waals surface area (Å²) in [6, 6.07) is 0. The van der Waals surface area contributed by atoms with Crippen molar-refractivity contribution in [3.63, 3.8) is 0 Å². The normalized spacial score (nSPS) is 56.0. The second-order valence-corrected chi connectivity index (χ2v) is 13.5. The molecule has 0 spiro atoms. The first-order valence-corrected chi connectivity index (χ1v) is 14.6. The van der Waals surface area contributed by atoms with E-state index in [-0.39, 0.29) is 44.1 Å². The molecule has 5 fully saturated rings. The SMILES string of the molecule is C[C@@H]1O[C@H](O[C@H]2CC[C@]3(C=O)[C@H]4C[C@@H](O)[C@]5(C)[C@H](C6=CC(=O)OC6)CC[C@]5(O)[C@@H]4CC[C@]3(O)C2)[C@H](O)[C@H](O)[C@H]1O. The molecule has 0 aromatic heterocycles. The summed E-state index contributed by atoms with van der Waals surface area (Å²) in [5, 5.41) is 66.7. The molecule has 11 nitrogen and oxygen atoms in total. The number of carbonyl (C=O) groups is 2. The Morgan fingerprint density at radius 3 is 2.42 bits per heavy atom. The highest BCUT2D eigenvalue weighted by molar-refractivity contribution is 5.85. The van der Waals surface area contributed by atoms with Crippen LogP contribution >= 0.6 is 0 Å². The van der Waals surface area contributed by atoms with Gasteiger partial charge in [0.25, 0.3) is 0 Å². The van der Waals surface area contributed by atoms with E-state index in [1.165, 1.54) is 6.08 Å². The predicted octanol–water partition coefficient (Wildman–Crippen LogP) is -0.279. The third-order valence-electron chi connectivity index (χ3n) is 12.1. The number of hydrogen-bond acceptors (Lipinski definition) is 11. The van der Waals surface area contributed by atoms with Crippen LogP contribution in [0.5, 0.6) is 0 Å². The summed E-state index contributed by atoms with van der Waals surface area (Å²) in [6.45, 7) is 3.61. The summed E-state index contributed by atoms with van der Waals surface area (Å²) in [5.74, 6) is -1.42. The number of aliphatic hydroxyl groups excluding tert-OH is 4. The fraction of sp³-hybridized carbons (Fsp3) is 0.862. The molecule has 2 aliphatic heterocycles. The van der Waals surface area contributed by atoms with Gasteiger partial charge in [-0.05, 0) is 75.2 Å². The third kappa shape index (κ3) is 3.71. The molecule has 0 amide bonds. The zero-order valence-electron chi connectivity index (χ0n) is 23.0. The zero-order valence-corrected chi connectivity index (χ0v) is 23.0. The van der Waals surface area contributed by atoms with E-state index in [1.807, 2.05) is 6.92 Å². The van der Waals surface area contributed by atoms with Gasteiger partial charge in [-0.2, -0.15) is 0 Å². The highest BCUT2D eigenvalue weighted by Gasteiger charge is 2.74. The predicted molar refractivity (Wildman–Crippen MR) is 136 cm³/mol. The van der Waals surface area contributed by atoms with Crippen LogP contribution in [0.2, 0.25) is 0 Å². The van der Waals surface area contributed by atoms with Crippen molar-refractivity contribution in [3.05, 3.63) is 11.6 Å². The average Bonchev–Trinajstić information content (AvgIpc) is 3.46. The lowest BCUT2D eigenvalue weighted by Crippen LogP contribution is -2.71. The quantitative estimate of drug-likeness (QED) is 0.149. The van der Waals surface area contributed by atoms with Gasteiger partial charge in [-0.1, -0.05) is 6.92 Å². The molecule has 0 bridgehead atoms. The van der Waals surface area contributed by atoms with E-state index in [1.54, 1.807) is 6.92 Å². The lowest BCUT2D eigenvalue weighted by Gasteiger charge is -2.66. The second-order valence-electron chi connectivity index (χ2n) is 13.5. The van der Waals surface area contributed by atoms with Gasteiger partial charge in [0.05, 0.1) is 34.9 Å². The minimum absolute atomic E-state index is 0.0926. The lowest BCUT2D eigenvalue weighted by atomic mass is 9.41. The standard InChI is InChI=1S/C29H42O11/c1-14-22(33)23(34)24(35)25(39-14)40-16-3-6-27(13-30)19-10-20(31)26(2)17(15-9-21(32)38-12-15)5-8-29(26,37)18(19)4-7-28(27,36)11-16/h9,13-14,16-20,22-25,31,33-37H,3-8,10-12H2,1-2H3/t14-,16-,17-,18+,19-,20+,22-,23+,24+,25+,26-,27-,28-,29-/m0/s1. The summed E-state index contributed by atoms with van der Waals surface area (Å²) in [5.41, 5.74) is -4.09. The maximum Gasteiger partial charge on any atom is 0.331 e. The van der Waals surface area contributed by atoms with Gasteiger partial charge in [-0.15, -0.1) is 0 Å². The van der Waals surface area contributed by atoms with Crippen molar-refractivity contribution >= 4 is 12.3 Å². The molecule has 4 saturated carbocycles. The molecular formula is C29H42O11. The number of aliphatic hydroxyl groups is 6. The molecule has 6 aliphatic rings. The Balaban J connectivity index is 1.25. The highest BCUT2D eigenvalue weighted by Crippen LogP contribution is 2.70. The van der Waals surface area contributed by atoms with Gasteiger partial charge < -0.3 is 49.6 Å². The minimum atomic E-state index is -1.47. The number of esters is 1. The van der Waals surface area contributed by atoms with Crippen LogP contribution in [0.3, 0.4) is 0 Å². The Morgan fingerprint density at radius 1 is 1.00 bits per heavy atom. The number of rotatable bonds is 4. The monoisotopic (exact) mass is 566 g/mol. The molecule has 6 rings (SSSR count). The van der Waals surface area contributed by atoms with Crippen molar-refractivity contribution in [2.75, 3.05) is 6.61 Å². The molecule has 4 aliphatic carbocycles. The Hall–Kier alpha value is -1.44. The van der Waals surface area contributed by atoms with Gasteiger partial charge in [0.15, 0.2) is 6.29 Å². The van der Waals surface area contributed by atoms with E-state index in [9.17, 15) is 40.2 Å². The van der Waals surface area contributed by atoms with Crippen molar-refractivity contribution in [1.29, 1.82) is 0 Å². The minimum Gasteiger partial charge on any atom is -0.458 e. The molecule has 0 aromatic carbocycles. The zero-order chi connectivity index (χ0) is 28.8. The van der Waals surface area contributed by atoms with Gasteiger partial charge in [-0.25, -0.2) is 4.79 Å². The summed E-state index contributed by atoms with van der Waals surface area (Å²) in [6.07, 6.45) is -2.70. The van der Waals surface area contributed by atoms with Gasteiger partial charge in [0.1, 0.15) is 31.2 Å². The van der Waals surface area contributed by atoms with Crippen LogP contribution in [0.4, 0.5) is 0 Å². The molecule has 0 radical (unpaired) electrons. The first-order chi connectivity index (χ1) is 18.8. The van der Waals surface area contributed by atoms with Crippen LogP contribution in [0.15, 0.2) is 11.6 Å². The molecule has 1 saturated heterocycles. The average molecular weight is 567 g/mol. The van der Waals surface area contributed by atoms with Crippen molar-refractivity contribution < 1.29 is 54.4 Å². The Bertz CT molecular complexity index is 1080. The number of hydrogen-bond donors (Lipinski definition) is 6. The van der Waals surface area contributed by atoms with Crippen LogP contribution in [0.25, 0.3) is 0 Å². The van der Waals surface area contributed by atoms with E-state index in [0.29, 0.717) is 25.7 Å². The fourth-order valence-corrected chi connectivity index (χ4v) is 9.74. The lowest BCUT2D eigenvalue weighted by molar-refractivity contribution is -0.319. The number of carbonyl (C=O) groups excluding carboxylic acids is 2. The maximum absolute atomic E-state index is 13.0. The van der Waals surface area contributed by atoms with Crippen LogP contribution in [-0.2, 0) is 23.8 Å². The number of cyclic esters (lactones) is 1. The van der Waals surface area contributed by atoms with Crippen molar-refractivity contribution in [2.24, 2.45) is 28.6 Å². The van der Waals surface area contributed by atoms with Crippen molar-refractivity contribution in [2.45, 2.75) is 119 Å². The van der Waals surface area contributed by atoms with Gasteiger partial charge in [0, 0.05) is 17.9 Å². The fourth-order valence-electron chi connectivity index (χ4n) is 9.74. The van der Waals surface area contributed by atoms with E-state index in [0.717, 1.165) is 11.9 Å². The molecule has 11 heteroatoms. The molecule has 0 aromatic rings.